The van der Waals surface area contributed by atoms with Crippen LogP contribution >= 0.6 is 0 Å². The highest BCUT2D eigenvalue weighted by Crippen LogP contribution is 2.16. The van der Waals surface area contributed by atoms with Gasteiger partial charge in [0.1, 0.15) is 17.5 Å². The first-order chi connectivity index (χ1) is 8.95. The lowest BCUT2D eigenvalue weighted by Gasteiger charge is -2.21. The molecule has 1 unspecified atom stereocenters. The third-order valence-electron chi connectivity index (χ3n) is 2.75. The molecule has 0 aromatic heterocycles. The van der Waals surface area contributed by atoms with Gasteiger partial charge in [0, 0.05) is 7.05 Å². The van der Waals surface area contributed by atoms with Crippen molar-refractivity contribution in [3.8, 4) is 11.5 Å². The molecular formula is C13H17NO5. The number of rotatable bonds is 6. The molecule has 104 valence electrons. The van der Waals surface area contributed by atoms with E-state index in [0.29, 0.717) is 11.5 Å². The average Bonchev–Trinajstić information content (AvgIpc) is 2.43. The van der Waals surface area contributed by atoms with Crippen LogP contribution in [0.1, 0.15) is 6.92 Å². The number of carboxylic acid groups (broad SMARTS) is 1. The van der Waals surface area contributed by atoms with E-state index in [4.69, 9.17) is 14.6 Å². The van der Waals surface area contributed by atoms with Crippen molar-refractivity contribution >= 4 is 11.9 Å². The van der Waals surface area contributed by atoms with Gasteiger partial charge in [0.05, 0.1) is 7.11 Å². The predicted octanol–water partition coefficient (Wildman–Crippen LogP) is 1.01. The van der Waals surface area contributed by atoms with Gasteiger partial charge in [-0.2, -0.15) is 0 Å². The zero-order valence-electron chi connectivity index (χ0n) is 11.1. The van der Waals surface area contributed by atoms with Crippen LogP contribution in [0.3, 0.4) is 0 Å². The first-order valence-corrected chi connectivity index (χ1v) is 5.71. The molecule has 1 aromatic carbocycles. The van der Waals surface area contributed by atoms with Gasteiger partial charge in [0.2, 0.25) is 0 Å². The van der Waals surface area contributed by atoms with Gasteiger partial charge in [-0.05, 0) is 31.2 Å². The number of hydrogen-bond donors (Lipinski definition) is 1. The number of likely N-dealkylation sites (N-methyl/N-ethyl adjacent to an activating group) is 1. The fourth-order valence-electron chi connectivity index (χ4n) is 1.30. The second kappa shape index (κ2) is 6.63. The lowest BCUT2D eigenvalue weighted by atomic mass is 10.3. The Kier molecular flexibility index (Phi) is 5.17. The summed E-state index contributed by atoms with van der Waals surface area (Å²) in [5.41, 5.74) is 0. The Bertz CT molecular complexity index is 443. The lowest BCUT2D eigenvalue weighted by molar-refractivity contribution is -0.148. The molecule has 6 heteroatoms. The van der Waals surface area contributed by atoms with E-state index in [2.05, 4.69) is 0 Å². The number of carbonyl (C=O) groups excluding carboxylic acids is 1. The maximum Gasteiger partial charge on any atom is 0.326 e. The van der Waals surface area contributed by atoms with Gasteiger partial charge in [-0.15, -0.1) is 0 Å². The Labute approximate surface area is 111 Å². The van der Waals surface area contributed by atoms with Gasteiger partial charge in [-0.1, -0.05) is 0 Å². The highest BCUT2D eigenvalue weighted by molar-refractivity contribution is 5.84. The predicted molar refractivity (Wildman–Crippen MR) is 68.4 cm³/mol. The molecule has 1 rings (SSSR count). The number of hydrogen-bond acceptors (Lipinski definition) is 4. The molecule has 1 atom stereocenters. The summed E-state index contributed by atoms with van der Waals surface area (Å²) in [4.78, 5) is 23.6. The number of aliphatic carboxylic acids is 1. The van der Waals surface area contributed by atoms with Crippen LogP contribution in [0.5, 0.6) is 11.5 Å². The average molecular weight is 267 g/mol. The van der Waals surface area contributed by atoms with Crippen molar-refractivity contribution in [3.05, 3.63) is 24.3 Å². The van der Waals surface area contributed by atoms with E-state index in [9.17, 15) is 9.59 Å². The van der Waals surface area contributed by atoms with Gasteiger partial charge >= 0.3 is 5.97 Å². The van der Waals surface area contributed by atoms with E-state index in [1.807, 2.05) is 0 Å². The van der Waals surface area contributed by atoms with Crippen LogP contribution in [-0.2, 0) is 9.59 Å². The summed E-state index contributed by atoms with van der Waals surface area (Å²) in [7, 11) is 2.99. The van der Waals surface area contributed by atoms with Crippen LogP contribution in [0.25, 0.3) is 0 Å². The Morgan fingerprint density at radius 2 is 1.79 bits per heavy atom. The molecule has 19 heavy (non-hydrogen) atoms. The molecule has 6 nitrogen and oxygen atoms in total. The SMILES string of the molecule is COc1ccc(OCC(=O)N(C)C(C)C(=O)O)cc1. The van der Waals surface area contributed by atoms with Crippen LogP contribution in [-0.4, -0.2) is 48.7 Å². The molecule has 0 fully saturated rings. The van der Waals surface area contributed by atoms with E-state index >= 15 is 0 Å². The minimum atomic E-state index is -1.06. The zero-order valence-corrected chi connectivity index (χ0v) is 11.1. The highest BCUT2D eigenvalue weighted by atomic mass is 16.5. The molecule has 0 saturated carbocycles. The number of nitrogens with zero attached hydrogens (tertiary/aromatic N) is 1. The van der Waals surface area contributed by atoms with Crippen LogP contribution in [0, 0.1) is 0 Å². The largest absolute Gasteiger partial charge is 0.497 e. The summed E-state index contributed by atoms with van der Waals surface area (Å²) in [6.07, 6.45) is 0. The van der Waals surface area contributed by atoms with Crippen molar-refractivity contribution in [2.24, 2.45) is 0 Å². The van der Waals surface area contributed by atoms with Crippen molar-refractivity contribution in [2.75, 3.05) is 20.8 Å². The molecular weight excluding hydrogens is 250 g/mol. The van der Waals surface area contributed by atoms with E-state index in [-0.39, 0.29) is 6.61 Å². The third-order valence-corrected chi connectivity index (χ3v) is 2.75. The fourth-order valence-corrected chi connectivity index (χ4v) is 1.30. The normalized spacial score (nSPS) is 11.5. The van der Waals surface area contributed by atoms with E-state index in [1.54, 1.807) is 31.4 Å². The first-order valence-electron chi connectivity index (χ1n) is 5.71. The highest BCUT2D eigenvalue weighted by Gasteiger charge is 2.21. The van der Waals surface area contributed by atoms with E-state index in [0.717, 1.165) is 4.90 Å². The molecule has 0 aliphatic rings. The molecule has 0 heterocycles. The van der Waals surface area contributed by atoms with Crippen molar-refractivity contribution in [1.29, 1.82) is 0 Å². The molecule has 0 radical (unpaired) electrons. The van der Waals surface area contributed by atoms with E-state index in [1.165, 1.54) is 14.0 Å². The van der Waals surface area contributed by atoms with Gasteiger partial charge in [0.25, 0.3) is 5.91 Å². The molecule has 0 spiro atoms. The maximum atomic E-state index is 11.7. The summed E-state index contributed by atoms with van der Waals surface area (Å²) < 4.78 is 10.3. The molecule has 1 amide bonds. The van der Waals surface area contributed by atoms with Gasteiger partial charge in [-0.25, -0.2) is 4.79 Å². The molecule has 0 saturated heterocycles. The number of benzene rings is 1. The fraction of sp³-hybridized carbons (Fsp3) is 0.385. The van der Waals surface area contributed by atoms with E-state index < -0.39 is 17.9 Å². The number of carbonyl (C=O) groups is 2. The third kappa shape index (κ3) is 4.17. The molecule has 1 N–H and O–H groups in total. The van der Waals surface area contributed by atoms with Gasteiger partial charge < -0.3 is 19.5 Å². The smallest absolute Gasteiger partial charge is 0.326 e. The summed E-state index contributed by atoms with van der Waals surface area (Å²) in [5.74, 6) is -0.244. The minimum Gasteiger partial charge on any atom is -0.497 e. The number of methoxy groups -OCH3 is 1. The van der Waals surface area contributed by atoms with Crippen LogP contribution < -0.4 is 9.47 Å². The number of ether oxygens (including phenoxy) is 2. The van der Waals surface area contributed by atoms with Crippen LogP contribution in [0.4, 0.5) is 0 Å². The Hall–Kier alpha value is -2.24. The second-order valence-corrected chi connectivity index (χ2v) is 3.98. The monoisotopic (exact) mass is 267 g/mol. The number of amides is 1. The van der Waals surface area contributed by atoms with Gasteiger partial charge in [0.15, 0.2) is 6.61 Å². The van der Waals surface area contributed by atoms with Crippen molar-refractivity contribution in [2.45, 2.75) is 13.0 Å². The molecule has 0 aliphatic heterocycles. The Balaban J connectivity index is 2.51. The first kappa shape index (κ1) is 14.8. The van der Waals surface area contributed by atoms with Crippen LogP contribution in [0.15, 0.2) is 24.3 Å². The Morgan fingerprint density at radius 1 is 1.26 bits per heavy atom. The summed E-state index contributed by atoms with van der Waals surface area (Å²) in [6, 6.07) is 5.89. The minimum absolute atomic E-state index is 0.208. The van der Waals surface area contributed by atoms with Crippen molar-refractivity contribution < 1.29 is 24.2 Å². The molecule has 0 bridgehead atoms. The quantitative estimate of drug-likeness (QED) is 0.832. The molecule has 1 aromatic rings. The topological polar surface area (TPSA) is 76.1 Å². The molecule has 0 aliphatic carbocycles. The summed E-state index contributed by atoms with van der Waals surface area (Å²) in [5, 5.41) is 8.80. The van der Waals surface area contributed by atoms with Crippen LogP contribution in [0.2, 0.25) is 0 Å². The van der Waals surface area contributed by atoms with Gasteiger partial charge in [-0.3, -0.25) is 4.79 Å². The lowest BCUT2D eigenvalue weighted by Crippen LogP contribution is -2.42. The zero-order chi connectivity index (χ0) is 14.4. The second-order valence-electron chi connectivity index (χ2n) is 3.98. The van der Waals surface area contributed by atoms with Crippen molar-refractivity contribution in [1.82, 2.24) is 4.90 Å². The standard InChI is InChI=1S/C13H17NO5/c1-9(13(16)17)14(2)12(15)8-19-11-6-4-10(18-3)5-7-11/h4-7,9H,8H2,1-3H3,(H,16,17). The number of carboxylic acids is 1. The Morgan fingerprint density at radius 3 is 2.26 bits per heavy atom. The summed E-state index contributed by atoms with van der Waals surface area (Å²) >= 11 is 0. The van der Waals surface area contributed by atoms with Crippen molar-refractivity contribution in [3.63, 3.8) is 0 Å². The summed E-state index contributed by atoms with van der Waals surface area (Å²) in [6.45, 7) is 1.23. The maximum absolute atomic E-state index is 11.7.